The zero-order valence-corrected chi connectivity index (χ0v) is 45.1. The molecule has 0 aliphatic heterocycles. The molecular weight excluding hydrogens is 997 g/mol. The van der Waals surface area contributed by atoms with Gasteiger partial charge in [-0.3, -0.25) is 53.1 Å². The van der Waals surface area contributed by atoms with E-state index in [-0.39, 0.29) is 57.1 Å². The van der Waals surface area contributed by atoms with E-state index >= 15 is 0 Å². The van der Waals surface area contributed by atoms with Crippen LogP contribution in [0.25, 0.3) is 0 Å². The monoisotopic (exact) mass is 1090 g/mol. The van der Waals surface area contributed by atoms with Crippen LogP contribution >= 0.6 is 0 Å². The van der Waals surface area contributed by atoms with E-state index in [4.69, 9.17) is 40.1 Å². The standard InChI is InChI=1S/C46H88N18O12/c1-25(48)37(69)58-32(17-13-22-55-46(52)53)41(73)63-36(28(4)67)44(76)61-30(15-9-11-23-64(5,6)7)40(72)60-33(18-19-34(49)68)42(74)62-35(27(3)66)43(75)56-26(2)38(70)59-31(16-12-21-54-45(50)51)39(71)57-29(24-65)14-8-10-20-47/h24-33,35-36,66-67H,8-23,47-48H2,1-7H3,(H17-,49,50,51,52,53,54,55,56,57,58,59,60,61,62,63,68,69,70,71,72,73,74,75,76)/p+1/t25-,26-,27+,28+,29-,30-,31-,32-,33-,35-,36-/m0/s1. The molecular formula is C46H89N18O12+. The van der Waals surface area contributed by atoms with E-state index < -0.39 is 133 Å². The lowest BCUT2D eigenvalue weighted by atomic mass is 10.0. The number of aldehydes is 1. The number of aliphatic hydroxyl groups excluding tert-OH is 2. The molecule has 0 aromatic carbocycles. The van der Waals surface area contributed by atoms with Crippen molar-refractivity contribution in [2.45, 2.75) is 171 Å². The van der Waals surface area contributed by atoms with Gasteiger partial charge in [0.05, 0.1) is 52.0 Å². The summed E-state index contributed by atoms with van der Waals surface area (Å²) in [7, 11) is 5.84. The summed E-state index contributed by atoms with van der Waals surface area (Å²) in [5, 5.41) is 41.2. The molecule has 0 fully saturated rings. The van der Waals surface area contributed by atoms with Crippen LogP contribution in [0.3, 0.4) is 0 Å². The van der Waals surface area contributed by atoms with E-state index in [1.54, 1.807) is 0 Å². The lowest BCUT2D eigenvalue weighted by Gasteiger charge is -2.29. The number of aliphatic hydroxyl groups is 2. The van der Waals surface area contributed by atoms with Crippen LogP contribution in [0, 0.1) is 0 Å². The Hall–Kier alpha value is -6.76. The van der Waals surface area contributed by atoms with Crippen molar-refractivity contribution >= 4 is 71.4 Å². The highest BCUT2D eigenvalue weighted by Crippen LogP contribution is 2.10. The molecule has 0 aromatic rings. The number of aliphatic imine (C=N–C) groups is 2. The van der Waals surface area contributed by atoms with Gasteiger partial charge >= 0.3 is 0 Å². The lowest BCUT2D eigenvalue weighted by Crippen LogP contribution is -2.62. The Morgan fingerprint density at radius 3 is 1.32 bits per heavy atom. The summed E-state index contributed by atoms with van der Waals surface area (Å²) in [6.07, 6.45) is -0.840. The van der Waals surface area contributed by atoms with Crippen LogP contribution < -0.4 is 82.7 Å². The first-order valence-electron chi connectivity index (χ1n) is 25.3. The fraction of sp³-hybridized carbons (Fsp3) is 0.739. The second-order valence-electron chi connectivity index (χ2n) is 19.7. The van der Waals surface area contributed by atoms with Crippen molar-refractivity contribution in [3.8, 4) is 0 Å². The number of nitrogens with one attached hydrogen (secondary N) is 8. The van der Waals surface area contributed by atoms with Gasteiger partial charge in [-0.1, -0.05) is 0 Å². The number of unbranched alkanes of at least 4 members (excludes halogenated alkanes) is 2. The number of hydrogen-bond acceptors (Lipinski definition) is 16. The highest BCUT2D eigenvalue weighted by atomic mass is 16.3. The van der Waals surface area contributed by atoms with Gasteiger partial charge in [0.25, 0.3) is 0 Å². The largest absolute Gasteiger partial charge is 0.391 e. The van der Waals surface area contributed by atoms with Crippen LogP contribution in [0.1, 0.15) is 105 Å². The molecule has 0 heterocycles. The number of hydrogen-bond donors (Lipinski definition) is 17. The molecule has 30 nitrogen and oxygen atoms in total. The summed E-state index contributed by atoms with van der Waals surface area (Å²) in [6.45, 7) is 6.22. The average molecular weight is 1090 g/mol. The Morgan fingerprint density at radius 2 is 0.895 bits per heavy atom. The summed E-state index contributed by atoms with van der Waals surface area (Å²) in [5.41, 5.74) is 38.3. The fourth-order valence-corrected chi connectivity index (χ4v) is 7.09. The van der Waals surface area contributed by atoms with Gasteiger partial charge in [-0.2, -0.15) is 0 Å². The van der Waals surface area contributed by atoms with Crippen LogP contribution in [0.15, 0.2) is 9.98 Å². The first-order valence-corrected chi connectivity index (χ1v) is 25.3. The van der Waals surface area contributed by atoms with Crippen molar-refractivity contribution in [3.63, 3.8) is 0 Å². The summed E-state index contributed by atoms with van der Waals surface area (Å²) < 4.78 is 0.557. The number of guanidine groups is 2. The van der Waals surface area contributed by atoms with Crippen LogP contribution in [-0.4, -0.2) is 200 Å². The third-order valence-corrected chi connectivity index (χ3v) is 11.4. The predicted octanol–water partition coefficient (Wildman–Crippen LogP) is -7.43. The first kappa shape index (κ1) is 69.2. The zero-order chi connectivity index (χ0) is 58.3. The second kappa shape index (κ2) is 36.3. The molecule has 0 rings (SSSR count). The fourth-order valence-electron chi connectivity index (χ4n) is 7.09. The minimum Gasteiger partial charge on any atom is -0.391 e. The highest BCUT2D eigenvalue weighted by molar-refractivity contribution is 5.98. The van der Waals surface area contributed by atoms with E-state index in [0.717, 1.165) is 6.92 Å². The number of nitrogens with zero attached hydrogens (tertiary/aromatic N) is 3. The summed E-state index contributed by atoms with van der Waals surface area (Å²) in [5.74, 6) is -8.60. The van der Waals surface area contributed by atoms with Gasteiger partial charge in [-0.05, 0) is 105 Å². The van der Waals surface area contributed by atoms with E-state index in [0.29, 0.717) is 56.0 Å². The SMILES string of the molecule is C[C@H](N)C(=O)N[C@@H](CCCN=C(N)N)C(=O)N[C@H](C(=O)N[C@@H](CCCC[N+](C)(C)C)C(=O)N[C@@H](CCC(N)=O)C(=O)N[C@H](C(=O)N[C@@H](C)C(=O)N[C@@H](CCCN=C(N)N)C(=O)N[C@H](C=O)CCCCN)[C@@H](C)O)[C@@H](C)O. The number of carbonyl (C=O) groups is 10. The van der Waals surface area contributed by atoms with Crippen molar-refractivity contribution < 1.29 is 62.6 Å². The number of amides is 9. The van der Waals surface area contributed by atoms with Crippen LogP contribution in [-0.2, 0) is 47.9 Å². The van der Waals surface area contributed by atoms with Crippen LogP contribution in [0.5, 0.6) is 0 Å². The van der Waals surface area contributed by atoms with E-state index in [9.17, 15) is 58.2 Å². The Bertz CT molecular complexity index is 1960. The zero-order valence-electron chi connectivity index (χ0n) is 45.1. The molecule has 11 atom stereocenters. The van der Waals surface area contributed by atoms with Crippen molar-refractivity contribution in [3.05, 3.63) is 0 Å². The molecule has 0 aromatic heterocycles. The van der Waals surface area contributed by atoms with Crippen molar-refractivity contribution in [2.75, 3.05) is 47.3 Å². The smallest absolute Gasteiger partial charge is 0.245 e. The van der Waals surface area contributed by atoms with Crippen molar-refractivity contribution in [1.29, 1.82) is 0 Å². The Labute approximate surface area is 444 Å². The number of nitrogens with two attached hydrogens (primary N) is 7. The quantitative estimate of drug-likeness (QED) is 0.00894. The second-order valence-corrected chi connectivity index (χ2v) is 19.7. The predicted molar refractivity (Wildman–Crippen MR) is 282 cm³/mol. The van der Waals surface area contributed by atoms with Gasteiger partial charge in [0.2, 0.25) is 53.2 Å². The van der Waals surface area contributed by atoms with Crippen LogP contribution in [0.2, 0.25) is 0 Å². The molecule has 0 spiro atoms. The van der Waals surface area contributed by atoms with Crippen molar-refractivity contribution in [1.82, 2.24) is 42.5 Å². The highest BCUT2D eigenvalue weighted by Gasteiger charge is 2.36. The third kappa shape index (κ3) is 30.0. The Kier molecular flexibility index (Phi) is 33.0. The number of carbonyl (C=O) groups excluding carboxylic acids is 10. The minimum absolute atomic E-state index is 0.00660. The van der Waals surface area contributed by atoms with Crippen molar-refractivity contribution in [2.24, 2.45) is 50.1 Å². The van der Waals surface area contributed by atoms with Gasteiger partial charge in [0, 0.05) is 19.5 Å². The van der Waals surface area contributed by atoms with Gasteiger partial charge < -0.3 is 102 Å². The third-order valence-electron chi connectivity index (χ3n) is 11.4. The molecule has 76 heavy (non-hydrogen) atoms. The van der Waals surface area contributed by atoms with E-state index in [1.807, 2.05) is 21.1 Å². The van der Waals surface area contributed by atoms with E-state index in [1.165, 1.54) is 20.8 Å². The molecule has 0 saturated heterocycles. The normalized spacial score (nSPS) is 15.6. The van der Waals surface area contributed by atoms with Gasteiger partial charge in [-0.25, -0.2) is 0 Å². The van der Waals surface area contributed by atoms with Gasteiger partial charge in [-0.15, -0.1) is 0 Å². The summed E-state index contributed by atoms with van der Waals surface area (Å²) in [6, 6.07) is -12.4. The Balaban J connectivity index is 6.63. The molecule has 0 aliphatic carbocycles. The molecule has 24 N–H and O–H groups in total. The minimum atomic E-state index is -1.79. The molecule has 434 valence electrons. The summed E-state index contributed by atoms with van der Waals surface area (Å²) >= 11 is 0. The van der Waals surface area contributed by atoms with E-state index in [2.05, 4.69) is 52.5 Å². The molecule has 0 bridgehead atoms. The molecule has 0 saturated carbocycles. The van der Waals surface area contributed by atoms with Gasteiger partial charge in [0.15, 0.2) is 11.9 Å². The molecule has 9 amide bonds. The number of primary amides is 1. The maximum Gasteiger partial charge on any atom is 0.245 e. The maximum absolute atomic E-state index is 14.2. The molecule has 0 unspecified atom stereocenters. The molecule has 0 aliphatic rings. The average Bonchev–Trinajstić information content (AvgIpc) is 3.32. The Morgan fingerprint density at radius 1 is 0.500 bits per heavy atom. The molecule has 0 radical (unpaired) electrons. The first-order chi connectivity index (χ1) is 35.4. The van der Waals surface area contributed by atoms with Crippen LogP contribution in [0.4, 0.5) is 0 Å². The topological polar surface area (TPSA) is 514 Å². The summed E-state index contributed by atoms with van der Waals surface area (Å²) in [4.78, 5) is 140. The number of quaternary nitrogens is 1. The lowest BCUT2D eigenvalue weighted by molar-refractivity contribution is -0.870. The van der Waals surface area contributed by atoms with Gasteiger partial charge in [0.1, 0.15) is 48.6 Å². The maximum atomic E-state index is 14.2. The number of rotatable bonds is 39. The molecule has 30 heteroatoms.